The van der Waals surface area contributed by atoms with Gasteiger partial charge in [0.05, 0.1) is 41.7 Å². The van der Waals surface area contributed by atoms with Gasteiger partial charge in [-0.15, -0.1) is 9.05 Å². The van der Waals surface area contributed by atoms with Gasteiger partial charge in [0.1, 0.15) is 94.5 Å². The highest BCUT2D eigenvalue weighted by atomic mass is 35.6. The normalized spacial score (nSPS) is 19.1. The molecule has 131 heavy (non-hydrogen) atoms. The topological polar surface area (TPSA) is 351 Å². The molecule has 0 amide bonds. The first-order valence-electron chi connectivity index (χ1n) is 42.0. The number of rotatable bonds is 39. The molecule has 0 bridgehead atoms. The predicted octanol–water partition coefficient (Wildman–Crippen LogP) is 17.7. The molecule has 2 aliphatic heterocycles. The highest BCUT2D eigenvalue weighted by Gasteiger charge is 2.56. The second kappa shape index (κ2) is 48.5. The zero-order valence-electron chi connectivity index (χ0n) is 75.4. The lowest BCUT2D eigenvalue weighted by Gasteiger charge is -2.37. The molecule has 10 atom stereocenters. The Balaban J connectivity index is 0.000000258. The van der Waals surface area contributed by atoms with Gasteiger partial charge in [-0.2, -0.15) is 9.97 Å². The van der Waals surface area contributed by atoms with Gasteiger partial charge in [-0.3, -0.25) is 27.8 Å². The second-order valence-corrected chi connectivity index (χ2v) is 40.9. The van der Waals surface area contributed by atoms with E-state index in [-0.39, 0.29) is 47.4 Å². The zero-order chi connectivity index (χ0) is 95.5. The lowest BCUT2D eigenvalue weighted by molar-refractivity contribution is -0.118. The number of hydrogen-bond donors (Lipinski definition) is 7. The molecule has 12 rings (SSSR count). The van der Waals surface area contributed by atoms with Gasteiger partial charge in [-0.1, -0.05) is 281 Å². The molecule has 704 valence electrons. The van der Waals surface area contributed by atoms with Crippen LogP contribution in [-0.2, 0) is 70.5 Å². The summed E-state index contributed by atoms with van der Waals surface area (Å²) in [7, 11) is 3.23. The van der Waals surface area contributed by atoms with E-state index in [0.717, 1.165) is 78.1 Å². The monoisotopic (exact) mass is 1950 g/mol. The molecule has 2 saturated heterocycles. The molecule has 10 aromatic rings. The average Bonchev–Trinajstić information content (AvgIpc) is 1.29. The van der Waals surface area contributed by atoms with Crippen LogP contribution in [-0.4, -0.2) is 174 Å². The van der Waals surface area contributed by atoms with E-state index in [9.17, 15) is 48.7 Å². The number of carbonyl (C=O) groups excluding carboxylic acids is 2. The number of aliphatic hydroxyl groups is 4. The minimum atomic E-state index is -4.09. The van der Waals surface area contributed by atoms with E-state index in [0.29, 0.717) is 41.6 Å². The fraction of sp³-hybridized carbons (Fsp3) is 0.389. The molecular formula is C95H115Cl4N8O20P2S2+. The first kappa shape index (κ1) is 106. The summed E-state index contributed by atoms with van der Waals surface area (Å²) in [5.41, 5.74) is -1.46. The molecule has 0 saturated carbocycles. The summed E-state index contributed by atoms with van der Waals surface area (Å²) in [6, 6.07) is 72.7. The van der Waals surface area contributed by atoms with Crippen LogP contribution in [0.4, 0.5) is 11.6 Å². The van der Waals surface area contributed by atoms with Crippen molar-refractivity contribution >= 4 is 108 Å². The number of aromatic nitrogens is 4. The SMILES string of the molecule is CCC(C)(C)C(=O)SCCOP(=O)(OC[C@H]1O[C@@H](n2ccc(NC(c3ccccc3)(c3ccc(OC)cc3)c3ccc(OC)cc3)nc2=O)C(C)(O)[C@H]1O)N(C)Cc1ccccc1.CCC(C)(C)C(=O)SCCO[P+](=O)OC[C@H]1O[C@@H](n2ccc(NC(c3ccccc3)(c3ccc(OC)cc3)c3ccc(OC)cc3)nc2=O)C(C)(O)[C@H]1O.CNCc1ccccc1.ClC(Cl)(Cl)Cl. The molecule has 2 aromatic heterocycles. The van der Waals surface area contributed by atoms with Gasteiger partial charge in [0, 0.05) is 52.4 Å². The van der Waals surface area contributed by atoms with E-state index in [1.807, 2.05) is 255 Å². The third-order valence-corrected chi connectivity index (χ3v) is 27.5. The van der Waals surface area contributed by atoms with Crippen molar-refractivity contribution in [1.29, 1.82) is 0 Å². The van der Waals surface area contributed by atoms with Gasteiger partial charge in [0.25, 0.3) is 3.25 Å². The summed E-state index contributed by atoms with van der Waals surface area (Å²) in [5, 5.41) is 55.7. The van der Waals surface area contributed by atoms with Crippen LogP contribution in [0.1, 0.15) is 125 Å². The second-order valence-electron chi connectivity index (χ2n) is 32.2. The number of ether oxygens (including phenoxy) is 6. The summed E-state index contributed by atoms with van der Waals surface area (Å²) in [6.45, 7) is 14.3. The van der Waals surface area contributed by atoms with Crippen molar-refractivity contribution in [2.75, 3.05) is 91.1 Å². The molecule has 36 heteroatoms. The number of aliphatic hydroxyl groups excluding tert-OH is 2. The van der Waals surface area contributed by atoms with E-state index < -0.39 is 114 Å². The average molecular weight is 1960 g/mol. The molecular weight excluding hydrogens is 1840 g/mol. The minimum absolute atomic E-state index is 0.00344. The molecule has 7 N–H and O–H groups in total. The third-order valence-electron chi connectivity index (χ3n) is 22.4. The van der Waals surface area contributed by atoms with E-state index in [1.165, 1.54) is 36.5 Å². The molecule has 0 radical (unpaired) electrons. The fourth-order valence-corrected chi connectivity index (χ4v) is 18.2. The van der Waals surface area contributed by atoms with Crippen molar-refractivity contribution in [3.05, 3.63) is 308 Å². The molecule has 4 unspecified atom stereocenters. The number of halogens is 4. The van der Waals surface area contributed by atoms with Crippen molar-refractivity contribution in [1.82, 2.24) is 29.1 Å². The van der Waals surface area contributed by atoms with Gasteiger partial charge in [-0.05, 0) is 146 Å². The Labute approximate surface area is 794 Å². The fourth-order valence-electron chi connectivity index (χ4n) is 14.2. The summed E-state index contributed by atoms with van der Waals surface area (Å²) >= 11 is 21.5. The maximum Gasteiger partial charge on any atom is 0.697 e. The van der Waals surface area contributed by atoms with Gasteiger partial charge >= 0.3 is 27.4 Å². The maximum atomic E-state index is 14.5. The maximum absolute atomic E-state index is 14.5. The Bertz CT molecular complexity index is 5360. The summed E-state index contributed by atoms with van der Waals surface area (Å²) in [4.78, 5) is 61.6. The van der Waals surface area contributed by atoms with Crippen LogP contribution in [0.2, 0.25) is 0 Å². The summed E-state index contributed by atoms with van der Waals surface area (Å²) < 4.78 is 85.2. The largest absolute Gasteiger partial charge is 0.697 e. The van der Waals surface area contributed by atoms with Crippen LogP contribution < -0.4 is 46.3 Å². The number of nitrogens with one attached hydrogen (secondary N) is 3. The molecule has 0 aliphatic carbocycles. The van der Waals surface area contributed by atoms with Crippen LogP contribution in [0.25, 0.3) is 0 Å². The van der Waals surface area contributed by atoms with Crippen molar-refractivity contribution in [3.8, 4) is 23.0 Å². The van der Waals surface area contributed by atoms with Crippen LogP contribution in [0.3, 0.4) is 0 Å². The number of methoxy groups -OCH3 is 4. The van der Waals surface area contributed by atoms with Gasteiger partial charge in [-0.25, -0.2) is 18.8 Å². The number of nitrogens with zero attached hydrogens (tertiary/aromatic N) is 5. The van der Waals surface area contributed by atoms with Gasteiger partial charge in [0.2, 0.25) is 0 Å². The Morgan fingerprint density at radius 1 is 0.511 bits per heavy atom. The number of benzene rings is 8. The Kier molecular flexibility index (Phi) is 39.3. The highest BCUT2D eigenvalue weighted by Crippen LogP contribution is 2.54. The smallest absolute Gasteiger partial charge is 0.497 e. The van der Waals surface area contributed by atoms with Gasteiger partial charge in [0.15, 0.2) is 22.7 Å². The molecule has 4 heterocycles. The number of thioether (sulfide) groups is 2. The number of anilines is 2. The van der Waals surface area contributed by atoms with Gasteiger partial charge < -0.3 is 64.8 Å². The first-order chi connectivity index (χ1) is 62.3. The standard InChI is InChI=1S/C47H57N4O10PS.C39H46N3O10PS.C8H11N.CCl4/c1-8-45(2,3)43(53)63-30-29-59-62(56,50(5)31-33-15-11-9-12-16-33)60-32-39-41(52)46(4,55)42(61-39)51-28-27-40(48-44(51)54)49-47(34-17-13-10-14-18-34,35-19-23-37(57-6)24-20-35)36-21-25-38(58-7)26-22-36;1-7-37(2,3)35(44)54-24-23-50-53(47)51-25-31-33(43)38(4,46)34(52-31)42-22-21-32(40-36(42)45)41-39(26-11-9-8-10-12-26,27-13-17-29(48-5)18-14-27)28-15-19-30(49-6)20-16-28;1-9-7-8-5-3-2-4-6-8;2-1(3,4)5/h9-28,39,41-42,52,55H,8,29-32H2,1-7H3,(H,48,49,54);8-22,31,33-34,43,46H,7,23-25H2,1-6H3;2-6,9H,7H2,1H3;/p+1/t39-,41+,42-,46?,62?;31-,33+,34-,38?;;/m11../s1. The Morgan fingerprint density at radius 2 is 0.840 bits per heavy atom. The van der Waals surface area contributed by atoms with E-state index in [4.69, 9.17) is 92.9 Å². The minimum Gasteiger partial charge on any atom is -0.497 e. The molecule has 8 aromatic carbocycles. The molecule has 2 aliphatic rings. The lowest BCUT2D eigenvalue weighted by atomic mass is 9.77. The van der Waals surface area contributed by atoms with Crippen molar-refractivity contribution in [2.24, 2.45) is 10.8 Å². The number of carbonyl (C=O) groups is 2. The van der Waals surface area contributed by atoms with E-state index in [1.54, 1.807) is 47.6 Å². The van der Waals surface area contributed by atoms with E-state index >= 15 is 0 Å². The predicted molar refractivity (Wildman–Crippen MR) is 515 cm³/mol. The summed E-state index contributed by atoms with van der Waals surface area (Å²) in [5.74, 6) is 3.63. The van der Waals surface area contributed by atoms with Crippen LogP contribution in [0.15, 0.2) is 253 Å². The van der Waals surface area contributed by atoms with Crippen molar-refractivity contribution in [3.63, 3.8) is 0 Å². The van der Waals surface area contributed by atoms with Crippen LogP contribution in [0.5, 0.6) is 23.0 Å². The molecule has 2 fully saturated rings. The van der Waals surface area contributed by atoms with Crippen molar-refractivity contribution < 1.29 is 85.7 Å². The number of hydrogen-bond acceptors (Lipinski definition) is 27. The zero-order valence-corrected chi connectivity index (χ0v) is 81.9. The van der Waals surface area contributed by atoms with E-state index in [2.05, 4.69) is 38.1 Å². The quantitative estimate of drug-likeness (QED) is 0.00814. The third kappa shape index (κ3) is 28.0. The van der Waals surface area contributed by atoms with Crippen LogP contribution >= 0.6 is 85.9 Å². The van der Waals surface area contributed by atoms with Crippen molar-refractivity contribution in [2.45, 2.75) is 144 Å². The first-order valence-corrected chi connectivity index (χ1v) is 48.1. The number of alkyl halides is 4. The lowest BCUT2D eigenvalue weighted by Crippen LogP contribution is -2.46. The summed E-state index contributed by atoms with van der Waals surface area (Å²) in [6.07, 6.45) is -4.05. The highest BCUT2D eigenvalue weighted by molar-refractivity contribution is 8.14. The Morgan fingerprint density at radius 3 is 1.18 bits per heavy atom. The molecule has 0 spiro atoms. The Hall–Kier alpha value is -8.63. The van der Waals surface area contributed by atoms with Crippen LogP contribution in [0, 0.1) is 10.8 Å². The molecule has 28 nitrogen and oxygen atoms in total.